The summed E-state index contributed by atoms with van der Waals surface area (Å²) in [6.07, 6.45) is 12.2. The molecule has 3 heteroatoms. The summed E-state index contributed by atoms with van der Waals surface area (Å²) in [4.78, 5) is 4.72. The minimum atomic E-state index is 0.648. The van der Waals surface area contributed by atoms with E-state index >= 15 is 0 Å². The summed E-state index contributed by atoms with van der Waals surface area (Å²) in [5.74, 6) is 3.65. The lowest BCUT2D eigenvalue weighted by molar-refractivity contribution is 0.211. The molecule has 3 nitrogen and oxygen atoms in total. The van der Waals surface area contributed by atoms with Gasteiger partial charge in [0.05, 0.1) is 0 Å². The van der Waals surface area contributed by atoms with Crippen LogP contribution >= 0.6 is 0 Å². The normalized spacial score (nSPS) is 26.1. The average molecular weight is 291 g/mol. The molecular formula is C18H33N3. The first kappa shape index (κ1) is 16.5. The summed E-state index contributed by atoms with van der Waals surface area (Å²) in [7, 11) is 0. The zero-order chi connectivity index (χ0) is 15.1. The first-order valence-electron chi connectivity index (χ1n) is 9.01. The minimum absolute atomic E-state index is 0.648. The standard InChI is InChI=1S/C18H33N3/c1-4-7-15-8-9-16(14-19-10-5-2)17(13-15)18-20-11-12-21(18)6-3/h11-12,15-17,19H,4-10,13-14H2,1-3H3. The van der Waals surface area contributed by atoms with Crippen LogP contribution in [0.4, 0.5) is 0 Å². The van der Waals surface area contributed by atoms with Gasteiger partial charge in [-0.1, -0.05) is 33.1 Å². The van der Waals surface area contributed by atoms with Gasteiger partial charge in [-0.2, -0.15) is 0 Å². The van der Waals surface area contributed by atoms with Crippen molar-refractivity contribution in [1.29, 1.82) is 0 Å². The predicted molar refractivity (Wildman–Crippen MR) is 89.5 cm³/mol. The number of rotatable bonds is 8. The molecule has 1 aliphatic rings. The highest BCUT2D eigenvalue weighted by Crippen LogP contribution is 2.41. The van der Waals surface area contributed by atoms with E-state index in [1.54, 1.807) is 0 Å². The van der Waals surface area contributed by atoms with Crippen molar-refractivity contribution in [3.63, 3.8) is 0 Å². The van der Waals surface area contributed by atoms with Crippen LogP contribution in [0.25, 0.3) is 0 Å². The monoisotopic (exact) mass is 291 g/mol. The smallest absolute Gasteiger partial charge is 0.112 e. The van der Waals surface area contributed by atoms with Crippen molar-refractivity contribution < 1.29 is 0 Å². The average Bonchev–Trinajstić information content (AvgIpc) is 2.97. The molecule has 3 unspecified atom stereocenters. The van der Waals surface area contributed by atoms with Gasteiger partial charge in [-0.3, -0.25) is 0 Å². The van der Waals surface area contributed by atoms with Crippen molar-refractivity contribution in [2.45, 2.75) is 71.8 Å². The van der Waals surface area contributed by atoms with Crippen molar-refractivity contribution in [2.75, 3.05) is 13.1 Å². The fourth-order valence-electron chi connectivity index (χ4n) is 3.93. The van der Waals surface area contributed by atoms with Crippen LogP contribution < -0.4 is 5.32 Å². The molecule has 3 atom stereocenters. The fraction of sp³-hybridized carbons (Fsp3) is 0.833. The largest absolute Gasteiger partial charge is 0.335 e. The molecule has 0 amide bonds. The molecule has 1 aromatic rings. The van der Waals surface area contributed by atoms with Gasteiger partial charge in [-0.15, -0.1) is 0 Å². The highest BCUT2D eigenvalue weighted by atomic mass is 15.1. The summed E-state index contributed by atoms with van der Waals surface area (Å²) in [6, 6.07) is 0. The second kappa shape index (κ2) is 8.57. The Bertz CT molecular complexity index is 399. The molecule has 0 aliphatic heterocycles. The lowest BCUT2D eigenvalue weighted by Crippen LogP contribution is -2.33. The third-order valence-corrected chi connectivity index (χ3v) is 5.05. The highest BCUT2D eigenvalue weighted by molar-refractivity contribution is 5.05. The maximum Gasteiger partial charge on any atom is 0.112 e. The van der Waals surface area contributed by atoms with E-state index in [2.05, 4.69) is 36.9 Å². The Morgan fingerprint density at radius 3 is 2.81 bits per heavy atom. The molecule has 0 aromatic carbocycles. The zero-order valence-corrected chi connectivity index (χ0v) is 14.1. The van der Waals surface area contributed by atoms with Crippen LogP contribution in [0.15, 0.2) is 12.4 Å². The van der Waals surface area contributed by atoms with E-state index in [0.717, 1.165) is 31.5 Å². The lowest BCUT2D eigenvalue weighted by Gasteiger charge is -2.36. The maximum atomic E-state index is 4.72. The lowest BCUT2D eigenvalue weighted by atomic mass is 9.72. The summed E-state index contributed by atoms with van der Waals surface area (Å²) in [6.45, 7) is 10.1. The molecule has 120 valence electrons. The maximum absolute atomic E-state index is 4.72. The van der Waals surface area contributed by atoms with Gasteiger partial charge in [-0.05, 0) is 51.1 Å². The minimum Gasteiger partial charge on any atom is -0.335 e. The van der Waals surface area contributed by atoms with Crippen LogP contribution in [0.1, 0.15) is 71.0 Å². The van der Waals surface area contributed by atoms with E-state index in [9.17, 15) is 0 Å². The Hall–Kier alpha value is -0.830. The number of nitrogens with one attached hydrogen (secondary N) is 1. The molecule has 0 radical (unpaired) electrons. The van der Waals surface area contributed by atoms with E-state index in [1.165, 1.54) is 44.3 Å². The van der Waals surface area contributed by atoms with Gasteiger partial charge < -0.3 is 9.88 Å². The Morgan fingerprint density at radius 2 is 2.10 bits per heavy atom. The second-order valence-corrected chi connectivity index (χ2v) is 6.61. The molecule has 0 spiro atoms. The molecule has 0 bridgehead atoms. The molecule has 1 N–H and O–H groups in total. The summed E-state index contributed by atoms with van der Waals surface area (Å²) >= 11 is 0. The first-order chi connectivity index (χ1) is 10.3. The molecule has 0 saturated heterocycles. The Kier molecular flexibility index (Phi) is 6.75. The van der Waals surface area contributed by atoms with E-state index in [0.29, 0.717) is 5.92 Å². The molecule has 1 heterocycles. The molecular weight excluding hydrogens is 258 g/mol. The number of nitrogens with zero attached hydrogens (tertiary/aromatic N) is 2. The van der Waals surface area contributed by atoms with Crippen LogP contribution in [0.3, 0.4) is 0 Å². The fourth-order valence-corrected chi connectivity index (χ4v) is 3.93. The van der Waals surface area contributed by atoms with E-state index in [-0.39, 0.29) is 0 Å². The van der Waals surface area contributed by atoms with Crippen molar-refractivity contribution in [3.8, 4) is 0 Å². The third kappa shape index (κ3) is 4.32. The summed E-state index contributed by atoms with van der Waals surface area (Å²) in [5, 5.41) is 3.64. The van der Waals surface area contributed by atoms with Crippen LogP contribution in [-0.2, 0) is 6.54 Å². The molecule has 1 saturated carbocycles. The van der Waals surface area contributed by atoms with Crippen molar-refractivity contribution in [2.24, 2.45) is 11.8 Å². The van der Waals surface area contributed by atoms with Crippen molar-refractivity contribution in [1.82, 2.24) is 14.9 Å². The van der Waals surface area contributed by atoms with Crippen molar-refractivity contribution >= 4 is 0 Å². The highest BCUT2D eigenvalue weighted by Gasteiger charge is 2.33. The molecule has 1 aliphatic carbocycles. The Morgan fingerprint density at radius 1 is 1.24 bits per heavy atom. The third-order valence-electron chi connectivity index (χ3n) is 5.05. The zero-order valence-electron chi connectivity index (χ0n) is 14.1. The van der Waals surface area contributed by atoms with Gasteiger partial charge in [0.1, 0.15) is 5.82 Å². The SMILES string of the molecule is CCCNCC1CCC(CCC)CC1c1nccn1CC. The van der Waals surface area contributed by atoms with E-state index < -0.39 is 0 Å². The van der Waals surface area contributed by atoms with Crippen molar-refractivity contribution in [3.05, 3.63) is 18.2 Å². The van der Waals surface area contributed by atoms with Crippen LogP contribution in [0, 0.1) is 11.8 Å². The van der Waals surface area contributed by atoms with Crippen LogP contribution in [0.5, 0.6) is 0 Å². The number of hydrogen-bond donors (Lipinski definition) is 1. The van der Waals surface area contributed by atoms with Gasteiger partial charge in [0.15, 0.2) is 0 Å². The predicted octanol–water partition coefficient (Wildman–Crippen LogP) is 4.20. The number of aryl methyl sites for hydroxylation is 1. The molecule has 1 fully saturated rings. The van der Waals surface area contributed by atoms with Crippen LogP contribution in [0.2, 0.25) is 0 Å². The summed E-state index contributed by atoms with van der Waals surface area (Å²) < 4.78 is 2.35. The first-order valence-corrected chi connectivity index (χ1v) is 9.01. The van der Waals surface area contributed by atoms with E-state index in [4.69, 9.17) is 4.98 Å². The Balaban J connectivity index is 2.08. The quantitative estimate of drug-likeness (QED) is 0.727. The van der Waals surface area contributed by atoms with Gasteiger partial charge in [0.25, 0.3) is 0 Å². The molecule has 21 heavy (non-hydrogen) atoms. The number of imidazole rings is 1. The molecule has 1 aromatic heterocycles. The van der Waals surface area contributed by atoms with Gasteiger partial charge >= 0.3 is 0 Å². The Labute approximate surface area is 130 Å². The second-order valence-electron chi connectivity index (χ2n) is 6.61. The van der Waals surface area contributed by atoms with Gasteiger partial charge in [-0.25, -0.2) is 4.98 Å². The summed E-state index contributed by atoms with van der Waals surface area (Å²) in [5.41, 5.74) is 0. The number of aromatic nitrogens is 2. The number of hydrogen-bond acceptors (Lipinski definition) is 2. The molecule has 2 rings (SSSR count). The van der Waals surface area contributed by atoms with Gasteiger partial charge in [0.2, 0.25) is 0 Å². The topological polar surface area (TPSA) is 29.9 Å². The van der Waals surface area contributed by atoms with Gasteiger partial charge in [0, 0.05) is 24.9 Å². The van der Waals surface area contributed by atoms with Crippen LogP contribution in [-0.4, -0.2) is 22.6 Å². The van der Waals surface area contributed by atoms with E-state index in [1.807, 2.05) is 6.20 Å².